The molecule has 0 aliphatic carbocycles. The van der Waals surface area contributed by atoms with E-state index in [1.165, 1.54) is 0 Å². The summed E-state index contributed by atoms with van der Waals surface area (Å²) >= 11 is 0. The molecule has 1 fully saturated rings. The molecule has 2 atom stereocenters. The highest BCUT2D eigenvalue weighted by Crippen LogP contribution is 2.35. The maximum Gasteiger partial charge on any atom is 0.118 e. The monoisotopic (exact) mass is 435 g/mol. The van der Waals surface area contributed by atoms with Crippen LogP contribution in [-0.4, -0.2) is 47.0 Å². The van der Waals surface area contributed by atoms with Gasteiger partial charge in [0.1, 0.15) is 11.4 Å². The van der Waals surface area contributed by atoms with Crippen molar-refractivity contribution in [2.75, 3.05) is 20.2 Å². The summed E-state index contributed by atoms with van der Waals surface area (Å²) in [6.45, 7) is 7.34. The number of benzene rings is 1. The molecular weight excluding hydrogens is 405 g/mol. The van der Waals surface area contributed by atoms with E-state index in [1.807, 2.05) is 45.0 Å². The molecular formula is C18H30INO3. The van der Waals surface area contributed by atoms with Crippen LogP contribution in [0.5, 0.6) is 5.75 Å². The number of hydrogen-bond acceptors (Lipinski definition) is 4. The number of likely N-dealkylation sites (tertiary alicyclic amines) is 1. The first-order chi connectivity index (χ1) is 10.2. The third-order valence-electron chi connectivity index (χ3n) is 4.70. The summed E-state index contributed by atoms with van der Waals surface area (Å²) in [7, 11) is 1.64. The van der Waals surface area contributed by atoms with Gasteiger partial charge in [-0.3, -0.25) is 4.90 Å². The Morgan fingerprint density at radius 1 is 1.17 bits per heavy atom. The highest BCUT2D eigenvalue weighted by molar-refractivity contribution is 14.0. The molecule has 1 heterocycles. The van der Waals surface area contributed by atoms with Crippen LogP contribution in [0.3, 0.4) is 0 Å². The Labute approximate surface area is 156 Å². The Bertz CT molecular complexity index is 482. The lowest BCUT2D eigenvalue weighted by molar-refractivity contribution is -0.0308. The maximum absolute atomic E-state index is 11.1. The molecule has 0 bridgehead atoms. The Hall–Kier alpha value is -0.370. The van der Waals surface area contributed by atoms with Crippen LogP contribution >= 0.6 is 24.0 Å². The van der Waals surface area contributed by atoms with Gasteiger partial charge >= 0.3 is 0 Å². The number of ether oxygens (including phenoxy) is 1. The lowest BCUT2D eigenvalue weighted by Crippen LogP contribution is -2.46. The van der Waals surface area contributed by atoms with Crippen LogP contribution in [0.2, 0.25) is 0 Å². The van der Waals surface area contributed by atoms with Crippen molar-refractivity contribution in [2.24, 2.45) is 0 Å². The number of nitrogens with zero attached hydrogens (tertiary/aromatic N) is 1. The minimum atomic E-state index is -0.900. The van der Waals surface area contributed by atoms with Crippen LogP contribution in [0.15, 0.2) is 24.3 Å². The van der Waals surface area contributed by atoms with Gasteiger partial charge < -0.3 is 14.9 Å². The van der Waals surface area contributed by atoms with Crippen LogP contribution in [0.1, 0.15) is 45.6 Å². The zero-order valence-corrected chi connectivity index (χ0v) is 16.9. The van der Waals surface area contributed by atoms with Gasteiger partial charge in [-0.05, 0) is 64.3 Å². The predicted molar refractivity (Wildman–Crippen MR) is 103 cm³/mol. The number of hydrogen-bond donors (Lipinski definition) is 2. The lowest BCUT2D eigenvalue weighted by atomic mass is 9.86. The first-order valence-corrected chi connectivity index (χ1v) is 8.07. The lowest BCUT2D eigenvalue weighted by Gasteiger charge is -2.38. The second kappa shape index (κ2) is 8.14. The Kier molecular flexibility index (Phi) is 7.32. The van der Waals surface area contributed by atoms with Gasteiger partial charge in [-0.25, -0.2) is 0 Å². The summed E-state index contributed by atoms with van der Waals surface area (Å²) in [5, 5.41) is 21.0. The van der Waals surface area contributed by atoms with Crippen LogP contribution < -0.4 is 4.74 Å². The van der Waals surface area contributed by atoms with Gasteiger partial charge in [0.05, 0.1) is 12.7 Å². The fourth-order valence-corrected chi connectivity index (χ4v) is 3.27. The third-order valence-corrected chi connectivity index (χ3v) is 4.70. The van der Waals surface area contributed by atoms with Crippen molar-refractivity contribution in [1.29, 1.82) is 0 Å². The molecule has 0 aromatic heterocycles. The Morgan fingerprint density at radius 3 is 2.30 bits per heavy atom. The predicted octanol–water partition coefficient (Wildman–Crippen LogP) is 3.15. The summed E-state index contributed by atoms with van der Waals surface area (Å²) in [6.07, 6.45) is 2.77. The van der Waals surface area contributed by atoms with Gasteiger partial charge in [-0.2, -0.15) is 0 Å². The zero-order chi connectivity index (χ0) is 16.4. The van der Waals surface area contributed by atoms with Gasteiger partial charge in [-0.1, -0.05) is 12.1 Å². The van der Waals surface area contributed by atoms with Crippen molar-refractivity contribution >= 4 is 24.0 Å². The van der Waals surface area contributed by atoms with Crippen molar-refractivity contribution in [3.8, 4) is 5.75 Å². The van der Waals surface area contributed by atoms with E-state index >= 15 is 0 Å². The number of rotatable bonds is 6. The van der Waals surface area contributed by atoms with Crippen LogP contribution in [0.4, 0.5) is 0 Å². The fraction of sp³-hybridized carbons (Fsp3) is 0.667. The second-order valence-corrected chi connectivity index (χ2v) is 7.13. The van der Waals surface area contributed by atoms with Gasteiger partial charge in [-0.15, -0.1) is 24.0 Å². The van der Waals surface area contributed by atoms with Crippen LogP contribution in [0, 0.1) is 0 Å². The molecule has 132 valence electrons. The van der Waals surface area contributed by atoms with Crippen molar-refractivity contribution in [3.05, 3.63) is 29.8 Å². The van der Waals surface area contributed by atoms with E-state index in [9.17, 15) is 10.2 Å². The highest BCUT2D eigenvalue weighted by atomic mass is 127. The minimum absolute atomic E-state index is 0. The van der Waals surface area contributed by atoms with Crippen LogP contribution in [-0.2, 0) is 5.60 Å². The average Bonchev–Trinajstić information content (AvgIpc) is 2.94. The highest BCUT2D eigenvalue weighted by Gasteiger charge is 2.40. The normalized spacial score (nSPS) is 21.6. The number of aliphatic hydroxyl groups is 2. The molecule has 5 heteroatoms. The molecule has 0 saturated carbocycles. The van der Waals surface area contributed by atoms with Gasteiger partial charge in [0, 0.05) is 12.6 Å². The summed E-state index contributed by atoms with van der Waals surface area (Å²) in [6, 6.07) is 7.74. The Morgan fingerprint density at radius 2 is 1.78 bits per heavy atom. The molecule has 4 nitrogen and oxygen atoms in total. The Balaban J connectivity index is 0.00000264. The molecule has 0 spiro atoms. The summed E-state index contributed by atoms with van der Waals surface area (Å²) in [5.41, 5.74) is -0.657. The third kappa shape index (κ3) is 5.31. The first-order valence-electron chi connectivity index (χ1n) is 8.07. The topological polar surface area (TPSA) is 52.9 Å². The van der Waals surface area contributed by atoms with E-state index in [4.69, 9.17) is 4.74 Å². The smallest absolute Gasteiger partial charge is 0.118 e. The largest absolute Gasteiger partial charge is 0.497 e. The summed E-state index contributed by atoms with van der Waals surface area (Å²) in [5.74, 6) is 0.796. The first kappa shape index (κ1) is 20.7. The van der Waals surface area contributed by atoms with E-state index in [-0.39, 0.29) is 30.0 Å². The van der Waals surface area contributed by atoms with Gasteiger partial charge in [0.15, 0.2) is 0 Å². The van der Waals surface area contributed by atoms with Gasteiger partial charge in [0.25, 0.3) is 0 Å². The van der Waals surface area contributed by atoms with E-state index < -0.39 is 11.2 Å². The van der Waals surface area contributed by atoms with E-state index in [0.29, 0.717) is 6.42 Å². The van der Waals surface area contributed by atoms with Gasteiger partial charge in [0.2, 0.25) is 0 Å². The molecule has 1 saturated heterocycles. The van der Waals surface area contributed by atoms with Crippen LogP contribution in [0.25, 0.3) is 0 Å². The maximum atomic E-state index is 11.1. The molecule has 1 aliphatic heterocycles. The standard InChI is InChI=1S/C18H29NO3.HI/c1-17(2,20)11-13-19-12-5-6-16(19)18(3,21)14-7-9-15(22-4)10-8-14;/h7-10,16,20-21H,5-6,11-13H2,1-4H3;1H. The van der Waals surface area contributed by atoms with E-state index in [1.54, 1.807) is 7.11 Å². The minimum Gasteiger partial charge on any atom is -0.497 e. The summed E-state index contributed by atoms with van der Waals surface area (Å²) < 4.78 is 5.18. The van der Waals surface area contributed by atoms with Crippen molar-refractivity contribution in [3.63, 3.8) is 0 Å². The van der Waals surface area contributed by atoms with Crippen molar-refractivity contribution in [1.82, 2.24) is 4.90 Å². The number of halogens is 1. The molecule has 0 amide bonds. The van der Waals surface area contributed by atoms with E-state index in [0.717, 1.165) is 37.2 Å². The van der Waals surface area contributed by atoms with Crippen molar-refractivity contribution in [2.45, 2.75) is 57.3 Å². The molecule has 23 heavy (non-hydrogen) atoms. The fourth-order valence-electron chi connectivity index (χ4n) is 3.27. The molecule has 1 aromatic rings. The summed E-state index contributed by atoms with van der Waals surface area (Å²) in [4.78, 5) is 2.31. The van der Waals surface area contributed by atoms with E-state index in [2.05, 4.69) is 4.90 Å². The molecule has 2 rings (SSSR count). The second-order valence-electron chi connectivity index (χ2n) is 7.13. The quantitative estimate of drug-likeness (QED) is 0.675. The average molecular weight is 435 g/mol. The van der Waals surface area contributed by atoms with Crippen molar-refractivity contribution < 1.29 is 14.9 Å². The zero-order valence-electron chi connectivity index (χ0n) is 14.6. The molecule has 1 aliphatic rings. The molecule has 1 aromatic carbocycles. The number of methoxy groups -OCH3 is 1. The molecule has 0 radical (unpaired) electrons. The molecule has 2 N–H and O–H groups in total. The molecule has 2 unspecified atom stereocenters. The SMILES string of the molecule is COc1ccc(C(C)(O)C2CCCN2CCC(C)(C)O)cc1.I.